The lowest BCUT2D eigenvalue weighted by Gasteiger charge is -2.18. The molecule has 1 N–H and O–H groups in total. The first-order chi connectivity index (χ1) is 12.9. The predicted octanol–water partition coefficient (Wildman–Crippen LogP) is 2.53. The quantitative estimate of drug-likeness (QED) is 0.895. The third-order valence-electron chi connectivity index (χ3n) is 5.33. The zero-order valence-electron chi connectivity index (χ0n) is 14.6. The lowest BCUT2D eigenvalue weighted by molar-refractivity contribution is -0.149. The van der Waals surface area contributed by atoms with Crippen molar-refractivity contribution < 1.29 is 23.5 Å². The van der Waals surface area contributed by atoms with Crippen molar-refractivity contribution in [2.24, 2.45) is 0 Å². The lowest BCUT2D eigenvalue weighted by Crippen LogP contribution is -2.39. The largest absolute Gasteiger partial charge is 0.479 e. The molecule has 142 valence electrons. The molecule has 0 saturated carbocycles. The van der Waals surface area contributed by atoms with Gasteiger partial charge in [-0.05, 0) is 43.9 Å². The van der Waals surface area contributed by atoms with Crippen molar-refractivity contribution in [2.45, 2.75) is 37.8 Å². The molecule has 1 fully saturated rings. The van der Waals surface area contributed by atoms with Gasteiger partial charge in [0.1, 0.15) is 5.82 Å². The summed E-state index contributed by atoms with van der Waals surface area (Å²) in [6.45, 7) is -0.452. The molecule has 1 saturated heterocycles. The normalized spacial score (nSPS) is 21.9. The Kier molecular flexibility index (Phi) is 4.20. The zero-order chi connectivity index (χ0) is 19.2. The Morgan fingerprint density at radius 1 is 1.22 bits per heavy atom. The maximum absolute atomic E-state index is 14.4. The van der Waals surface area contributed by atoms with Crippen LogP contribution < -0.4 is 0 Å². The molecule has 27 heavy (non-hydrogen) atoms. The van der Waals surface area contributed by atoms with Crippen LogP contribution in [-0.4, -0.2) is 50.4 Å². The second-order valence-electron chi connectivity index (χ2n) is 7.12. The molecular formula is C19H19F2N3O3. The summed E-state index contributed by atoms with van der Waals surface area (Å²) in [5, 5.41) is 13.5. The van der Waals surface area contributed by atoms with Crippen LogP contribution in [0, 0.1) is 5.82 Å². The van der Waals surface area contributed by atoms with Crippen molar-refractivity contribution in [3.05, 3.63) is 47.0 Å². The number of carbonyl (C=O) groups excluding carboxylic acids is 1. The second-order valence-corrected chi connectivity index (χ2v) is 7.12. The third kappa shape index (κ3) is 2.98. The van der Waals surface area contributed by atoms with E-state index in [1.165, 1.54) is 17.0 Å². The summed E-state index contributed by atoms with van der Waals surface area (Å²) in [6, 6.07) is 5.98. The number of benzene rings is 1. The number of carbonyl (C=O) groups is 2. The Balaban J connectivity index is 1.71. The summed E-state index contributed by atoms with van der Waals surface area (Å²) in [5.41, 5.74) is -0.0233. The summed E-state index contributed by atoms with van der Waals surface area (Å²) in [5.74, 6) is -2.42. The SMILES string of the molecule is O=C(c1nn(-c2cccc(F)c2)c2c1CCCC2)N1CCC(F)(C(=O)O)C1. The van der Waals surface area contributed by atoms with Crippen LogP contribution >= 0.6 is 0 Å². The highest BCUT2D eigenvalue weighted by atomic mass is 19.1. The number of nitrogens with zero attached hydrogens (tertiary/aromatic N) is 3. The average molecular weight is 375 g/mol. The van der Waals surface area contributed by atoms with Crippen molar-refractivity contribution in [3.8, 4) is 5.69 Å². The first kappa shape index (κ1) is 17.6. The van der Waals surface area contributed by atoms with E-state index in [1.54, 1.807) is 16.8 Å². The summed E-state index contributed by atoms with van der Waals surface area (Å²) >= 11 is 0. The van der Waals surface area contributed by atoms with E-state index in [9.17, 15) is 18.4 Å². The van der Waals surface area contributed by atoms with Gasteiger partial charge in [-0.1, -0.05) is 6.07 Å². The molecular weight excluding hydrogens is 356 g/mol. The molecule has 6 nitrogen and oxygen atoms in total. The van der Waals surface area contributed by atoms with Crippen molar-refractivity contribution in [3.63, 3.8) is 0 Å². The highest BCUT2D eigenvalue weighted by Gasteiger charge is 2.47. The number of aromatic nitrogens is 2. The number of likely N-dealkylation sites (tertiary alicyclic amines) is 1. The van der Waals surface area contributed by atoms with Crippen LogP contribution in [0.3, 0.4) is 0 Å². The average Bonchev–Trinajstić information content (AvgIpc) is 3.24. The monoisotopic (exact) mass is 375 g/mol. The predicted molar refractivity (Wildman–Crippen MR) is 92.2 cm³/mol. The number of hydrogen-bond donors (Lipinski definition) is 1. The summed E-state index contributed by atoms with van der Waals surface area (Å²) < 4.78 is 29.6. The minimum atomic E-state index is -2.42. The lowest BCUT2D eigenvalue weighted by atomic mass is 9.95. The van der Waals surface area contributed by atoms with Crippen molar-refractivity contribution in [1.82, 2.24) is 14.7 Å². The summed E-state index contributed by atoms with van der Waals surface area (Å²) in [6.07, 6.45) is 3.00. The van der Waals surface area contributed by atoms with Gasteiger partial charge in [-0.3, -0.25) is 4.79 Å². The number of rotatable bonds is 3. The molecule has 1 amide bonds. The summed E-state index contributed by atoms with van der Waals surface area (Å²) in [4.78, 5) is 25.3. The van der Waals surface area contributed by atoms with E-state index in [0.29, 0.717) is 18.5 Å². The smallest absolute Gasteiger partial charge is 0.343 e. The Morgan fingerprint density at radius 3 is 2.70 bits per heavy atom. The van der Waals surface area contributed by atoms with Crippen LogP contribution in [0.4, 0.5) is 8.78 Å². The van der Waals surface area contributed by atoms with Crippen LogP contribution in [0.5, 0.6) is 0 Å². The molecule has 2 aliphatic rings. The minimum Gasteiger partial charge on any atom is -0.479 e. The van der Waals surface area contributed by atoms with E-state index in [2.05, 4.69) is 5.10 Å². The molecule has 1 aliphatic heterocycles. The Morgan fingerprint density at radius 2 is 2.00 bits per heavy atom. The Labute approximate surface area is 154 Å². The molecule has 8 heteroatoms. The van der Waals surface area contributed by atoms with Crippen molar-refractivity contribution in [2.75, 3.05) is 13.1 Å². The van der Waals surface area contributed by atoms with Crippen LogP contribution in [0.1, 0.15) is 41.0 Å². The van der Waals surface area contributed by atoms with Gasteiger partial charge in [-0.2, -0.15) is 5.10 Å². The van der Waals surface area contributed by atoms with Gasteiger partial charge in [0, 0.05) is 24.2 Å². The molecule has 0 bridgehead atoms. The van der Waals surface area contributed by atoms with E-state index >= 15 is 0 Å². The molecule has 1 atom stereocenters. The molecule has 0 spiro atoms. The molecule has 0 radical (unpaired) electrons. The number of carboxylic acid groups (broad SMARTS) is 1. The van der Waals surface area contributed by atoms with Gasteiger partial charge in [0.15, 0.2) is 5.69 Å². The van der Waals surface area contributed by atoms with Gasteiger partial charge < -0.3 is 10.0 Å². The highest BCUT2D eigenvalue weighted by Crippen LogP contribution is 2.31. The Hall–Kier alpha value is -2.77. The molecule has 2 aromatic rings. The number of alkyl halides is 1. The van der Waals surface area contributed by atoms with Gasteiger partial charge in [0.05, 0.1) is 12.2 Å². The van der Waals surface area contributed by atoms with E-state index in [4.69, 9.17) is 5.11 Å². The molecule has 1 aromatic heterocycles. The standard InChI is InChI=1S/C19H19F2N3O3/c20-12-4-3-5-13(10-12)24-15-7-2-1-6-14(15)16(22-24)17(25)23-9-8-19(21,11-23)18(26)27/h3-5,10H,1-2,6-9,11H2,(H,26,27). The third-order valence-corrected chi connectivity index (χ3v) is 5.33. The van der Waals surface area contributed by atoms with Gasteiger partial charge in [-0.25, -0.2) is 18.3 Å². The fourth-order valence-corrected chi connectivity index (χ4v) is 3.86. The maximum Gasteiger partial charge on any atom is 0.343 e. The highest BCUT2D eigenvalue weighted by molar-refractivity contribution is 5.95. The number of carboxylic acids is 1. The number of amides is 1. The topological polar surface area (TPSA) is 75.4 Å². The van der Waals surface area contributed by atoms with Crippen LogP contribution in [-0.2, 0) is 17.6 Å². The fourth-order valence-electron chi connectivity index (χ4n) is 3.86. The summed E-state index contributed by atoms with van der Waals surface area (Å²) in [7, 11) is 0. The number of aliphatic carboxylic acids is 1. The number of hydrogen-bond acceptors (Lipinski definition) is 3. The van der Waals surface area contributed by atoms with Gasteiger partial charge in [-0.15, -0.1) is 0 Å². The number of halogens is 2. The van der Waals surface area contributed by atoms with Crippen LogP contribution in [0.15, 0.2) is 24.3 Å². The molecule has 1 unspecified atom stereocenters. The van der Waals surface area contributed by atoms with E-state index < -0.39 is 29.9 Å². The van der Waals surface area contributed by atoms with E-state index in [1.807, 2.05) is 0 Å². The van der Waals surface area contributed by atoms with Crippen molar-refractivity contribution in [1.29, 1.82) is 0 Å². The van der Waals surface area contributed by atoms with Gasteiger partial charge in [0.25, 0.3) is 5.91 Å². The molecule has 1 aliphatic carbocycles. The molecule has 2 heterocycles. The maximum atomic E-state index is 14.4. The van der Waals surface area contributed by atoms with E-state index in [-0.39, 0.29) is 18.7 Å². The molecule has 1 aromatic carbocycles. The Bertz CT molecular complexity index is 927. The van der Waals surface area contributed by atoms with Gasteiger partial charge in [0.2, 0.25) is 5.67 Å². The van der Waals surface area contributed by atoms with Gasteiger partial charge >= 0.3 is 5.97 Å². The minimum absolute atomic E-state index is 0.0310. The zero-order valence-corrected chi connectivity index (χ0v) is 14.6. The molecule has 4 rings (SSSR count). The first-order valence-corrected chi connectivity index (χ1v) is 8.97. The van der Waals surface area contributed by atoms with Crippen LogP contribution in [0.25, 0.3) is 5.69 Å². The van der Waals surface area contributed by atoms with Crippen LogP contribution in [0.2, 0.25) is 0 Å². The number of fused-ring (bicyclic) bond motifs is 1. The van der Waals surface area contributed by atoms with Crippen molar-refractivity contribution >= 4 is 11.9 Å². The van der Waals surface area contributed by atoms with E-state index in [0.717, 1.165) is 24.1 Å². The fraction of sp³-hybridized carbons (Fsp3) is 0.421. The first-order valence-electron chi connectivity index (χ1n) is 8.97. The second kappa shape index (κ2) is 6.44.